The lowest BCUT2D eigenvalue weighted by Gasteiger charge is -2.04. The first kappa shape index (κ1) is 11.7. The number of ether oxygens (including phenoxy) is 1. The van der Waals surface area contributed by atoms with Crippen LogP contribution in [0.2, 0.25) is 5.02 Å². The van der Waals surface area contributed by atoms with Crippen LogP contribution >= 0.6 is 23.2 Å². The number of hydrogen-bond acceptors (Lipinski definition) is 4. The molecule has 0 bridgehead atoms. The molecule has 1 aromatic carbocycles. The highest BCUT2D eigenvalue weighted by atomic mass is 35.5. The summed E-state index contributed by atoms with van der Waals surface area (Å²) in [6.45, 7) is 0. The van der Waals surface area contributed by atoms with E-state index in [1.807, 2.05) is 0 Å². The average molecular weight is 250 g/mol. The molecule has 0 aliphatic rings. The first-order chi connectivity index (χ1) is 6.97. The number of halogens is 2. The molecule has 0 fully saturated rings. The second-order valence-corrected chi connectivity index (χ2v) is 3.29. The van der Waals surface area contributed by atoms with Gasteiger partial charge >= 0.3 is 5.69 Å². The predicted molar refractivity (Wildman–Crippen MR) is 54.8 cm³/mol. The number of nitrogens with zero attached hydrogens (tertiary/aromatic N) is 1. The molecular weight excluding hydrogens is 245 g/mol. The molecule has 0 atom stereocenters. The van der Waals surface area contributed by atoms with E-state index in [0.29, 0.717) is 0 Å². The van der Waals surface area contributed by atoms with Crippen LogP contribution < -0.4 is 4.74 Å². The summed E-state index contributed by atoms with van der Waals surface area (Å²) < 4.78 is 4.74. The van der Waals surface area contributed by atoms with Crippen molar-refractivity contribution in [2.45, 2.75) is 0 Å². The van der Waals surface area contributed by atoms with Crippen LogP contribution in [-0.4, -0.2) is 17.3 Å². The minimum atomic E-state index is -0.798. The molecule has 0 N–H and O–H groups in total. The number of benzene rings is 1. The van der Waals surface area contributed by atoms with Gasteiger partial charge in [-0.2, -0.15) is 0 Å². The van der Waals surface area contributed by atoms with Crippen molar-refractivity contribution >= 4 is 34.1 Å². The second kappa shape index (κ2) is 4.46. The summed E-state index contributed by atoms with van der Waals surface area (Å²) in [6.07, 6.45) is 0. The second-order valence-electron chi connectivity index (χ2n) is 2.53. The molecule has 0 amide bonds. The van der Waals surface area contributed by atoms with Gasteiger partial charge in [0.15, 0.2) is 5.75 Å². The summed E-state index contributed by atoms with van der Waals surface area (Å²) in [5.41, 5.74) is -0.343. The monoisotopic (exact) mass is 249 g/mol. The van der Waals surface area contributed by atoms with Crippen LogP contribution in [-0.2, 0) is 0 Å². The van der Waals surface area contributed by atoms with Crippen LogP contribution in [0.5, 0.6) is 5.75 Å². The Kier molecular flexibility index (Phi) is 3.49. The van der Waals surface area contributed by atoms with Gasteiger partial charge in [-0.05, 0) is 11.6 Å². The highest BCUT2D eigenvalue weighted by molar-refractivity contribution is 6.68. The Balaban J connectivity index is 3.42. The van der Waals surface area contributed by atoms with Gasteiger partial charge in [-0.25, -0.2) is 0 Å². The zero-order valence-corrected chi connectivity index (χ0v) is 9.00. The van der Waals surface area contributed by atoms with E-state index in [1.54, 1.807) is 0 Å². The molecule has 0 aliphatic carbocycles. The van der Waals surface area contributed by atoms with E-state index in [4.69, 9.17) is 27.9 Å². The van der Waals surface area contributed by atoms with Crippen LogP contribution in [0.15, 0.2) is 12.1 Å². The molecule has 15 heavy (non-hydrogen) atoms. The van der Waals surface area contributed by atoms with Crippen molar-refractivity contribution in [2.24, 2.45) is 0 Å². The Morgan fingerprint density at radius 1 is 1.53 bits per heavy atom. The van der Waals surface area contributed by atoms with Crippen molar-refractivity contribution in [1.82, 2.24) is 0 Å². The summed E-state index contributed by atoms with van der Waals surface area (Å²) in [6, 6.07) is 2.16. The van der Waals surface area contributed by atoms with Gasteiger partial charge in [-0.1, -0.05) is 11.6 Å². The summed E-state index contributed by atoms with van der Waals surface area (Å²) in [7, 11) is 1.25. The molecule has 0 heterocycles. The molecule has 7 heteroatoms. The van der Waals surface area contributed by atoms with Crippen molar-refractivity contribution in [1.29, 1.82) is 0 Å². The number of methoxy groups -OCH3 is 1. The topological polar surface area (TPSA) is 69.4 Å². The highest BCUT2D eigenvalue weighted by Crippen LogP contribution is 2.33. The van der Waals surface area contributed by atoms with Gasteiger partial charge in [0.05, 0.1) is 22.6 Å². The quantitative estimate of drug-likeness (QED) is 0.469. The molecule has 0 unspecified atom stereocenters. The lowest BCUT2D eigenvalue weighted by Crippen LogP contribution is -1.98. The minimum Gasteiger partial charge on any atom is -0.490 e. The molecule has 80 valence electrons. The maximum absolute atomic E-state index is 10.9. The van der Waals surface area contributed by atoms with E-state index in [2.05, 4.69) is 0 Å². The normalized spacial score (nSPS) is 9.80. The lowest BCUT2D eigenvalue weighted by atomic mass is 10.2. The van der Waals surface area contributed by atoms with Crippen molar-refractivity contribution in [3.63, 3.8) is 0 Å². The van der Waals surface area contributed by atoms with Crippen LogP contribution in [0.3, 0.4) is 0 Å². The van der Waals surface area contributed by atoms with Gasteiger partial charge in [-0.15, -0.1) is 0 Å². The van der Waals surface area contributed by atoms with E-state index in [0.717, 1.165) is 12.1 Å². The largest absolute Gasteiger partial charge is 0.490 e. The van der Waals surface area contributed by atoms with E-state index in [1.165, 1.54) is 7.11 Å². The predicted octanol–water partition coefficient (Wildman–Crippen LogP) is 2.64. The van der Waals surface area contributed by atoms with Crippen molar-refractivity contribution in [2.75, 3.05) is 7.11 Å². The maximum atomic E-state index is 10.9. The van der Waals surface area contributed by atoms with Crippen molar-refractivity contribution in [3.05, 3.63) is 32.8 Å². The fourth-order valence-corrected chi connectivity index (χ4v) is 1.45. The van der Waals surface area contributed by atoms with Crippen molar-refractivity contribution in [3.8, 4) is 5.75 Å². The van der Waals surface area contributed by atoms with Gasteiger partial charge in [0, 0.05) is 12.1 Å². The zero-order valence-electron chi connectivity index (χ0n) is 7.49. The molecule has 0 spiro atoms. The molecule has 0 saturated heterocycles. The Morgan fingerprint density at radius 2 is 2.13 bits per heavy atom. The number of nitro groups is 1. The summed E-state index contributed by atoms with van der Waals surface area (Å²) in [5.74, 6) is -0.0617. The Labute approximate surface area is 94.7 Å². The Bertz CT molecular complexity index is 433. The van der Waals surface area contributed by atoms with Crippen LogP contribution in [0.4, 0.5) is 5.69 Å². The van der Waals surface area contributed by atoms with Crippen molar-refractivity contribution < 1.29 is 14.5 Å². The first-order valence-corrected chi connectivity index (χ1v) is 4.44. The van der Waals surface area contributed by atoms with Gasteiger partial charge in [-0.3, -0.25) is 14.9 Å². The molecule has 0 aromatic heterocycles. The first-order valence-electron chi connectivity index (χ1n) is 3.69. The smallest absolute Gasteiger partial charge is 0.312 e. The van der Waals surface area contributed by atoms with Gasteiger partial charge in [0.1, 0.15) is 0 Å². The summed E-state index contributed by atoms with van der Waals surface area (Å²) >= 11 is 10.9. The van der Waals surface area contributed by atoms with Gasteiger partial charge in [0.2, 0.25) is 0 Å². The number of carbonyl (C=O) groups excluding carboxylic acids is 1. The van der Waals surface area contributed by atoms with E-state index in [-0.39, 0.29) is 22.0 Å². The zero-order chi connectivity index (χ0) is 11.6. The third kappa shape index (κ3) is 2.37. The molecule has 5 nitrogen and oxygen atoms in total. The molecule has 1 aromatic rings. The number of hydrogen-bond donors (Lipinski definition) is 0. The Morgan fingerprint density at radius 3 is 2.53 bits per heavy atom. The summed E-state index contributed by atoms with van der Waals surface area (Å²) in [5, 5.41) is 9.68. The number of nitro benzene ring substituents is 1. The van der Waals surface area contributed by atoms with E-state index in [9.17, 15) is 14.9 Å². The van der Waals surface area contributed by atoms with Crippen LogP contribution in [0, 0.1) is 10.1 Å². The van der Waals surface area contributed by atoms with E-state index < -0.39 is 10.2 Å². The van der Waals surface area contributed by atoms with Crippen LogP contribution in [0.25, 0.3) is 0 Å². The van der Waals surface area contributed by atoms with Gasteiger partial charge < -0.3 is 4.74 Å². The summed E-state index contributed by atoms with van der Waals surface area (Å²) in [4.78, 5) is 20.8. The third-order valence-electron chi connectivity index (χ3n) is 1.68. The Hall–Kier alpha value is -1.33. The number of carbonyl (C=O) groups is 1. The maximum Gasteiger partial charge on any atom is 0.312 e. The average Bonchev–Trinajstić information content (AvgIpc) is 2.16. The molecule has 0 aliphatic heterocycles. The van der Waals surface area contributed by atoms with Gasteiger partial charge in [0.25, 0.3) is 5.24 Å². The molecular formula is C8H5Cl2NO4. The fraction of sp³-hybridized carbons (Fsp3) is 0.125. The standard InChI is InChI=1S/C8H5Cl2NO4/c1-15-7-2-4(8(10)12)5(9)3-6(7)11(13)14/h2-3H,1H3. The fourth-order valence-electron chi connectivity index (χ4n) is 1.000. The minimum absolute atomic E-state index is 0.0271. The third-order valence-corrected chi connectivity index (χ3v) is 2.19. The molecule has 0 saturated carbocycles. The highest BCUT2D eigenvalue weighted by Gasteiger charge is 2.20. The molecule has 1 rings (SSSR count). The lowest BCUT2D eigenvalue weighted by molar-refractivity contribution is -0.385. The number of rotatable bonds is 3. The van der Waals surface area contributed by atoms with Crippen LogP contribution in [0.1, 0.15) is 10.4 Å². The SMILES string of the molecule is COc1cc(C(=O)Cl)c(Cl)cc1[N+](=O)[O-]. The van der Waals surface area contributed by atoms with E-state index >= 15 is 0 Å². The molecule has 0 radical (unpaired) electrons.